The van der Waals surface area contributed by atoms with Crippen LogP contribution in [0, 0.1) is 6.92 Å². The fraction of sp³-hybridized carbons (Fsp3) is 0.100. The Bertz CT molecular complexity index is 871. The molecule has 0 bridgehead atoms. The number of rotatable bonds is 1. The lowest BCUT2D eigenvalue weighted by Gasteiger charge is -2.11. The predicted octanol–water partition coefficient (Wildman–Crippen LogP) is 4.64. The van der Waals surface area contributed by atoms with Gasteiger partial charge in [0.05, 0.1) is 0 Å². The number of hydrogen-bond acceptors (Lipinski definition) is 2. The van der Waals surface area contributed by atoms with Crippen LogP contribution >= 0.6 is 0 Å². The average molecular weight is 288 g/mol. The van der Waals surface area contributed by atoms with Gasteiger partial charge in [-0.3, -0.25) is 0 Å². The van der Waals surface area contributed by atoms with E-state index < -0.39 is 0 Å². The van der Waals surface area contributed by atoms with Crippen LogP contribution < -0.4 is 0 Å². The largest absolute Gasteiger partial charge is 0.504 e. The van der Waals surface area contributed by atoms with E-state index in [0.29, 0.717) is 5.56 Å². The van der Waals surface area contributed by atoms with Gasteiger partial charge in [-0.2, -0.15) is 0 Å². The van der Waals surface area contributed by atoms with Crippen molar-refractivity contribution in [2.75, 3.05) is 0 Å². The van der Waals surface area contributed by atoms with Gasteiger partial charge >= 0.3 is 0 Å². The first kappa shape index (κ1) is 13.0. The van der Waals surface area contributed by atoms with Gasteiger partial charge < -0.3 is 10.2 Å². The summed E-state index contributed by atoms with van der Waals surface area (Å²) < 4.78 is 0. The molecule has 0 unspecified atom stereocenters. The van der Waals surface area contributed by atoms with E-state index in [1.165, 1.54) is 22.3 Å². The second-order valence-corrected chi connectivity index (χ2v) is 5.83. The minimum absolute atomic E-state index is 0.0420. The van der Waals surface area contributed by atoms with Gasteiger partial charge in [-0.05, 0) is 64.4 Å². The molecule has 2 nitrogen and oxygen atoms in total. The van der Waals surface area contributed by atoms with Gasteiger partial charge in [0.1, 0.15) is 0 Å². The monoisotopic (exact) mass is 288 g/mol. The Morgan fingerprint density at radius 1 is 0.818 bits per heavy atom. The Balaban J connectivity index is 1.93. The van der Waals surface area contributed by atoms with Crippen molar-refractivity contribution >= 4 is 0 Å². The van der Waals surface area contributed by atoms with E-state index in [4.69, 9.17) is 0 Å². The molecule has 0 fully saturated rings. The molecule has 0 heterocycles. The highest BCUT2D eigenvalue weighted by Gasteiger charge is 2.21. The second kappa shape index (κ2) is 4.63. The zero-order valence-corrected chi connectivity index (χ0v) is 12.3. The molecule has 3 aromatic rings. The van der Waals surface area contributed by atoms with Crippen molar-refractivity contribution in [2.24, 2.45) is 0 Å². The van der Waals surface area contributed by atoms with Crippen molar-refractivity contribution in [3.63, 3.8) is 0 Å². The van der Waals surface area contributed by atoms with Crippen molar-refractivity contribution in [1.29, 1.82) is 0 Å². The summed E-state index contributed by atoms with van der Waals surface area (Å²) in [7, 11) is 0. The molecule has 0 aromatic heterocycles. The molecule has 1 aliphatic carbocycles. The third-order valence-electron chi connectivity index (χ3n) is 4.44. The maximum atomic E-state index is 9.91. The first-order chi connectivity index (χ1) is 10.6. The fourth-order valence-corrected chi connectivity index (χ4v) is 3.34. The number of fused-ring (bicyclic) bond motifs is 3. The summed E-state index contributed by atoms with van der Waals surface area (Å²) in [6.07, 6.45) is 0.905. The average Bonchev–Trinajstić information content (AvgIpc) is 2.90. The summed E-state index contributed by atoms with van der Waals surface area (Å²) in [4.78, 5) is 0. The van der Waals surface area contributed by atoms with Crippen LogP contribution in [-0.2, 0) is 6.42 Å². The topological polar surface area (TPSA) is 40.5 Å². The van der Waals surface area contributed by atoms with Crippen LogP contribution in [0.1, 0.15) is 16.7 Å². The number of phenols is 2. The molecule has 2 N–H and O–H groups in total. The van der Waals surface area contributed by atoms with Gasteiger partial charge in [0, 0.05) is 0 Å². The number of benzene rings is 3. The van der Waals surface area contributed by atoms with E-state index in [9.17, 15) is 10.2 Å². The zero-order valence-electron chi connectivity index (χ0n) is 12.3. The maximum absolute atomic E-state index is 9.91. The van der Waals surface area contributed by atoms with Gasteiger partial charge in [0.15, 0.2) is 11.5 Å². The lowest BCUT2D eigenvalue weighted by molar-refractivity contribution is 0.401. The molecule has 0 atom stereocenters. The van der Waals surface area contributed by atoms with Gasteiger partial charge in [0.25, 0.3) is 0 Å². The van der Waals surface area contributed by atoms with Crippen molar-refractivity contribution in [3.05, 3.63) is 71.3 Å². The molecule has 4 rings (SSSR count). The number of hydrogen-bond donors (Lipinski definition) is 2. The number of aryl methyl sites for hydroxylation is 1. The fourth-order valence-electron chi connectivity index (χ4n) is 3.34. The second-order valence-electron chi connectivity index (χ2n) is 5.83. The molecule has 22 heavy (non-hydrogen) atoms. The summed E-state index contributed by atoms with van der Waals surface area (Å²) in [5.74, 6) is -0.109. The SMILES string of the molecule is Cc1cc(-c2cccc3c2Cc2ccccc2-3)cc(O)c1O. The van der Waals surface area contributed by atoms with E-state index in [-0.39, 0.29) is 11.5 Å². The normalized spacial score (nSPS) is 12.0. The Kier molecular flexibility index (Phi) is 2.73. The van der Waals surface area contributed by atoms with Gasteiger partial charge in [0.2, 0.25) is 0 Å². The Morgan fingerprint density at radius 3 is 2.36 bits per heavy atom. The van der Waals surface area contributed by atoms with Crippen LogP contribution in [0.25, 0.3) is 22.3 Å². The number of phenolic OH excluding ortho intramolecular Hbond substituents is 2. The molecule has 0 amide bonds. The highest BCUT2D eigenvalue weighted by molar-refractivity contribution is 5.85. The van der Waals surface area contributed by atoms with Crippen molar-refractivity contribution in [3.8, 4) is 33.8 Å². The molecule has 0 radical (unpaired) electrons. The molecule has 2 heteroatoms. The van der Waals surface area contributed by atoms with Crippen LogP contribution in [0.2, 0.25) is 0 Å². The van der Waals surface area contributed by atoms with Gasteiger partial charge in [-0.25, -0.2) is 0 Å². The number of aromatic hydroxyl groups is 2. The van der Waals surface area contributed by atoms with E-state index >= 15 is 0 Å². The lowest BCUT2D eigenvalue weighted by atomic mass is 9.94. The summed E-state index contributed by atoms with van der Waals surface area (Å²) in [6.45, 7) is 1.80. The van der Waals surface area contributed by atoms with E-state index in [1.807, 2.05) is 6.07 Å². The summed E-state index contributed by atoms with van der Waals surface area (Å²) in [5, 5.41) is 19.7. The van der Waals surface area contributed by atoms with Crippen LogP contribution in [0.3, 0.4) is 0 Å². The smallest absolute Gasteiger partial charge is 0.160 e. The summed E-state index contributed by atoms with van der Waals surface area (Å²) in [5.41, 5.74) is 7.92. The van der Waals surface area contributed by atoms with Crippen molar-refractivity contribution < 1.29 is 10.2 Å². The standard InChI is InChI=1S/C20H16O2/c1-12-9-14(11-19(21)20(12)22)16-7-4-8-17-15-6-3-2-5-13(15)10-18(16)17/h2-9,11,21-22H,10H2,1H3. The van der Waals surface area contributed by atoms with Crippen LogP contribution in [-0.4, -0.2) is 10.2 Å². The summed E-state index contributed by atoms with van der Waals surface area (Å²) in [6, 6.07) is 18.3. The molecule has 0 aliphatic heterocycles. The summed E-state index contributed by atoms with van der Waals surface area (Å²) >= 11 is 0. The molecule has 1 aliphatic rings. The van der Waals surface area contributed by atoms with Gasteiger partial charge in [-0.1, -0.05) is 42.5 Å². The van der Waals surface area contributed by atoms with Crippen LogP contribution in [0.15, 0.2) is 54.6 Å². The molecule has 0 spiro atoms. The van der Waals surface area contributed by atoms with E-state index in [2.05, 4.69) is 42.5 Å². The highest BCUT2D eigenvalue weighted by atomic mass is 16.3. The molecule has 3 aromatic carbocycles. The third-order valence-corrected chi connectivity index (χ3v) is 4.44. The van der Waals surface area contributed by atoms with Crippen molar-refractivity contribution in [2.45, 2.75) is 13.3 Å². The first-order valence-electron chi connectivity index (χ1n) is 7.38. The first-order valence-corrected chi connectivity index (χ1v) is 7.38. The van der Waals surface area contributed by atoms with Crippen molar-refractivity contribution in [1.82, 2.24) is 0 Å². The Hall–Kier alpha value is -2.74. The Morgan fingerprint density at radius 2 is 1.55 bits per heavy atom. The molecule has 108 valence electrons. The quantitative estimate of drug-likeness (QED) is 0.501. The molecular weight excluding hydrogens is 272 g/mol. The van der Waals surface area contributed by atoms with Crippen LogP contribution in [0.5, 0.6) is 11.5 Å². The third kappa shape index (κ3) is 1.81. The van der Waals surface area contributed by atoms with E-state index in [0.717, 1.165) is 17.5 Å². The maximum Gasteiger partial charge on any atom is 0.160 e. The Labute approximate surface area is 129 Å². The predicted molar refractivity (Wildman–Crippen MR) is 88.2 cm³/mol. The molecule has 0 saturated heterocycles. The zero-order chi connectivity index (χ0) is 15.3. The minimum Gasteiger partial charge on any atom is -0.504 e. The lowest BCUT2D eigenvalue weighted by Crippen LogP contribution is -1.89. The van der Waals surface area contributed by atoms with E-state index in [1.54, 1.807) is 13.0 Å². The minimum atomic E-state index is -0.0666. The highest BCUT2D eigenvalue weighted by Crippen LogP contribution is 2.43. The molecular formula is C20H16O2. The molecule has 0 saturated carbocycles. The van der Waals surface area contributed by atoms with Gasteiger partial charge in [-0.15, -0.1) is 0 Å². The van der Waals surface area contributed by atoms with Crippen LogP contribution in [0.4, 0.5) is 0 Å².